The van der Waals surface area contributed by atoms with Gasteiger partial charge >= 0.3 is 0 Å². The summed E-state index contributed by atoms with van der Waals surface area (Å²) in [6.45, 7) is 0. The Hall–Kier alpha value is -2.66. The predicted molar refractivity (Wildman–Crippen MR) is 97.4 cm³/mol. The third-order valence-corrected chi connectivity index (χ3v) is 4.31. The van der Waals surface area contributed by atoms with E-state index in [1.165, 1.54) is 0 Å². The smallest absolute Gasteiger partial charge is 0.256 e. The van der Waals surface area contributed by atoms with E-state index < -0.39 is 0 Å². The molecular formula is C19H19ClN2O3. The number of rotatable bonds is 5. The molecule has 0 radical (unpaired) electrons. The first kappa shape index (κ1) is 17.2. The zero-order chi connectivity index (χ0) is 17.8. The van der Waals surface area contributed by atoms with E-state index in [1.807, 2.05) is 54.6 Å². The highest BCUT2D eigenvalue weighted by atomic mass is 35.5. The third-order valence-electron chi connectivity index (χ3n) is 4.08. The van der Waals surface area contributed by atoms with Gasteiger partial charge < -0.3 is 9.47 Å². The fourth-order valence-corrected chi connectivity index (χ4v) is 2.86. The lowest BCUT2D eigenvalue weighted by Gasteiger charge is -2.24. The lowest BCUT2D eigenvalue weighted by Crippen LogP contribution is -2.40. The van der Waals surface area contributed by atoms with E-state index in [9.17, 15) is 4.79 Å². The number of methoxy groups -OCH3 is 2. The molecule has 0 spiro atoms. The van der Waals surface area contributed by atoms with Crippen LogP contribution in [0.1, 0.15) is 17.2 Å². The minimum absolute atomic E-state index is 0.0939. The maximum absolute atomic E-state index is 12.3. The normalized spacial score (nSPS) is 16.2. The number of hydrogen-bond donors (Lipinski definition) is 1. The molecule has 130 valence electrons. The monoisotopic (exact) mass is 358 g/mol. The van der Waals surface area contributed by atoms with E-state index in [-0.39, 0.29) is 17.8 Å². The Labute approximate surface area is 151 Å². The molecule has 0 unspecified atom stereocenters. The Kier molecular flexibility index (Phi) is 5.14. The Morgan fingerprint density at radius 3 is 2.12 bits per heavy atom. The van der Waals surface area contributed by atoms with Crippen molar-refractivity contribution in [3.05, 3.63) is 65.7 Å². The molecule has 0 saturated heterocycles. The van der Waals surface area contributed by atoms with Crippen LogP contribution in [-0.4, -0.2) is 31.0 Å². The topological polar surface area (TPSA) is 50.8 Å². The molecule has 5 nitrogen and oxygen atoms in total. The van der Waals surface area contributed by atoms with Crippen LogP contribution in [-0.2, 0) is 4.79 Å². The summed E-state index contributed by atoms with van der Waals surface area (Å²) in [4.78, 5) is 12.3. The number of halogens is 1. The summed E-state index contributed by atoms with van der Waals surface area (Å²) in [5, 5.41) is 1.55. The van der Waals surface area contributed by atoms with Gasteiger partial charge in [0.1, 0.15) is 17.4 Å². The van der Waals surface area contributed by atoms with Gasteiger partial charge in [0.15, 0.2) is 0 Å². The van der Waals surface area contributed by atoms with Gasteiger partial charge in [-0.05, 0) is 53.6 Å². The van der Waals surface area contributed by atoms with Crippen LogP contribution in [0.15, 0.2) is 54.6 Å². The highest BCUT2D eigenvalue weighted by Gasteiger charge is 2.30. The van der Waals surface area contributed by atoms with Crippen molar-refractivity contribution in [1.29, 1.82) is 0 Å². The van der Waals surface area contributed by atoms with Crippen molar-refractivity contribution in [2.45, 2.75) is 6.04 Å². The number of carbonyl (C=O) groups is 1. The van der Waals surface area contributed by atoms with E-state index in [4.69, 9.17) is 21.1 Å². The van der Waals surface area contributed by atoms with Gasteiger partial charge in [0.2, 0.25) is 0 Å². The molecule has 2 aromatic rings. The van der Waals surface area contributed by atoms with Crippen LogP contribution in [0.25, 0.3) is 5.70 Å². The van der Waals surface area contributed by atoms with Crippen LogP contribution in [0, 0.1) is 0 Å². The molecule has 6 heteroatoms. The maximum Gasteiger partial charge on any atom is 0.256 e. The van der Waals surface area contributed by atoms with Gasteiger partial charge in [-0.25, -0.2) is 5.01 Å². The van der Waals surface area contributed by atoms with Crippen molar-refractivity contribution in [1.82, 2.24) is 10.4 Å². The summed E-state index contributed by atoms with van der Waals surface area (Å²) in [7, 11) is 3.25. The van der Waals surface area contributed by atoms with Crippen molar-refractivity contribution in [3.63, 3.8) is 0 Å². The molecule has 0 aromatic heterocycles. The van der Waals surface area contributed by atoms with E-state index >= 15 is 0 Å². The Morgan fingerprint density at radius 2 is 1.60 bits per heavy atom. The average molecular weight is 359 g/mol. The lowest BCUT2D eigenvalue weighted by molar-refractivity contribution is -0.131. The minimum Gasteiger partial charge on any atom is -0.497 e. The fraction of sp³-hybridized carbons (Fsp3) is 0.211. The summed E-state index contributed by atoms with van der Waals surface area (Å²) < 4.78 is 10.4. The van der Waals surface area contributed by atoms with E-state index in [2.05, 4.69) is 5.43 Å². The van der Waals surface area contributed by atoms with Gasteiger partial charge in [-0.3, -0.25) is 10.2 Å². The van der Waals surface area contributed by atoms with Crippen molar-refractivity contribution >= 4 is 23.2 Å². The molecule has 25 heavy (non-hydrogen) atoms. The first-order valence-corrected chi connectivity index (χ1v) is 8.34. The molecule has 0 saturated carbocycles. The SMILES string of the molecule is COc1ccc(C2=C[C@@H](c3ccc(OC)cc3)N(C(=O)CCl)N2)cc1. The maximum atomic E-state index is 12.3. The summed E-state index contributed by atoms with van der Waals surface area (Å²) in [5.74, 6) is 1.26. The summed E-state index contributed by atoms with van der Waals surface area (Å²) in [5.41, 5.74) is 5.94. The number of carbonyl (C=O) groups excluding carboxylic acids is 1. The number of alkyl halides is 1. The molecule has 2 aromatic carbocycles. The predicted octanol–water partition coefficient (Wildman–Crippen LogP) is 3.37. The number of nitrogens with one attached hydrogen (secondary N) is 1. The number of nitrogens with zero attached hydrogens (tertiary/aromatic N) is 1. The van der Waals surface area contributed by atoms with Crippen LogP contribution >= 0.6 is 11.6 Å². The van der Waals surface area contributed by atoms with Gasteiger partial charge in [0, 0.05) is 0 Å². The van der Waals surface area contributed by atoms with Crippen LogP contribution in [0.4, 0.5) is 0 Å². The van der Waals surface area contributed by atoms with Crippen LogP contribution in [0.3, 0.4) is 0 Å². The van der Waals surface area contributed by atoms with Crippen LogP contribution < -0.4 is 14.9 Å². The molecule has 1 amide bonds. The third kappa shape index (κ3) is 3.56. The molecule has 3 rings (SSSR count). The number of amides is 1. The number of ether oxygens (including phenoxy) is 2. The molecule has 0 aliphatic carbocycles. The zero-order valence-corrected chi connectivity index (χ0v) is 14.8. The Bertz CT molecular complexity index is 772. The second-order valence-electron chi connectivity index (χ2n) is 5.54. The average Bonchev–Trinajstić information content (AvgIpc) is 3.13. The van der Waals surface area contributed by atoms with E-state index in [1.54, 1.807) is 19.2 Å². The summed E-state index contributed by atoms with van der Waals surface area (Å²) in [6.07, 6.45) is 2.01. The van der Waals surface area contributed by atoms with Gasteiger partial charge in [-0.2, -0.15) is 0 Å². The lowest BCUT2D eigenvalue weighted by atomic mass is 10.0. The molecule has 1 aliphatic heterocycles. The zero-order valence-electron chi connectivity index (χ0n) is 14.0. The Balaban J connectivity index is 1.93. The number of hydrazine groups is 1. The van der Waals surface area contributed by atoms with Gasteiger partial charge in [-0.15, -0.1) is 11.6 Å². The molecule has 1 atom stereocenters. The van der Waals surface area contributed by atoms with E-state index in [0.29, 0.717) is 0 Å². The van der Waals surface area contributed by atoms with E-state index in [0.717, 1.165) is 28.3 Å². The summed E-state index contributed by atoms with van der Waals surface area (Å²) >= 11 is 5.77. The molecule has 1 aliphatic rings. The van der Waals surface area contributed by atoms with Gasteiger partial charge in [0.05, 0.1) is 26.0 Å². The van der Waals surface area contributed by atoms with Crippen LogP contribution in [0.5, 0.6) is 11.5 Å². The second-order valence-corrected chi connectivity index (χ2v) is 5.80. The number of benzene rings is 2. The highest BCUT2D eigenvalue weighted by molar-refractivity contribution is 6.27. The van der Waals surface area contributed by atoms with Gasteiger partial charge in [-0.1, -0.05) is 12.1 Å². The highest BCUT2D eigenvalue weighted by Crippen LogP contribution is 2.32. The second kappa shape index (κ2) is 7.49. The molecule has 0 bridgehead atoms. The molecular weight excluding hydrogens is 340 g/mol. The van der Waals surface area contributed by atoms with Crippen molar-refractivity contribution in [2.75, 3.05) is 20.1 Å². The Morgan fingerprint density at radius 1 is 1.04 bits per heavy atom. The van der Waals surface area contributed by atoms with Crippen molar-refractivity contribution < 1.29 is 14.3 Å². The molecule has 1 heterocycles. The minimum atomic E-state index is -0.241. The van der Waals surface area contributed by atoms with Crippen molar-refractivity contribution in [3.8, 4) is 11.5 Å². The standard InChI is InChI=1S/C19H19ClN2O3/c1-24-15-7-3-13(4-8-15)17-11-18(22(21-17)19(23)12-20)14-5-9-16(25-2)10-6-14/h3-11,18,21H,12H2,1-2H3/t18-/m0/s1. The quantitative estimate of drug-likeness (QED) is 0.832. The summed E-state index contributed by atoms with van der Waals surface area (Å²) in [6, 6.07) is 15.0. The first-order valence-electron chi connectivity index (χ1n) is 7.81. The largest absolute Gasteiger partial charge is 0.497 e. The van der Waals surface area contributed by atoms with Gasteiger partial charge in [0.25, 0.3) is 5.91 Å². The molecule has 1 N–H and O–H groups in total. The molecule has 0 fully saturated rings. The fourth-order valence-electron chi connectivity index (χ4n) is 2.73. The first-order chi connectivity index (χ1) is 12.2. The number of hydrogen-bond acceptors (Lipinski definition) is 4. The van der Waals surface area contributed by atoms with Crippen molar-refractivity contribution in [2.24, 2.45) is 0 Å². The van der Waals surface area contributed by atoms with Crippen LogP contribution in [0.2, 0.25) is 0 Å².